The monoisotopic (exact) mass is 238 g/mol. The molecule has 3 nitrogen and oxygen atoms in total. The number of rotatable bonds is 3. The minimum Gasteiger partial charge on any atom is -0.324 e. The number of carbonyl (C=O) groups excluding carboxylic acids is 1. The molecule has 3 rings (SSSR count). The minimum atomic E-state index is 0.0943. The van der Waals surface area contributed by atoms with E-state index in [-0.39, 0.29) is 11.8 Å². The van der Waals surface area contributed by atoms with Crippen LogP contribution >= 0.6 is 0 Å². The van der Waals surface area contributed by atoms with E-state index < -0.39 is 0 Å². The standard InChI is InChI=1S/C15H14N2O/c18-15(17-12-7-4-8-16-10-12)14-9-13(14)11-5-2-1-3-6-11/h1-8,10,13-14H,9H2,(H,17,18)/t13-,14+/m1/s1. The molecule has 1 amide bonds. The summed E-state index contributed by atoms with van der Waals surface area (Å²) in [4.78, 5) is 16.0. The lowest BCUT2D eigenvalue weighted by molar-refractivity contribution is -0.117. The van der Waals surface area contributed by atoms with Crippen molar-refractivity contribution in [3.05, 3.63) is 60.4 Å². The van der Waals surface area contributed by atoms with E-state index in [1.807, 2.05) is 30.3 Å². The van der Waals surface area contributed by atoms with E-state index in [1.165, 1.54) is 5.56 Å². The zero-order chi connectivity index (χ0) is 12.4. The van der Waals surface area contributed by atoms with Crippen molar-refractivity contribution in [2.24, 2.45) is 5.92 Å². The Kier molecular flexibility index (Phi) is 2.81. The second-order valence-corrected chi connectivity index (χ2v) is 4.59. The number of pyridine rings is 1. The first-order chi connectivity index (χ1) is 8.84. The first-order valence-electron chi connectivity index (χ1n) is 6.10. The molecule has 1 aromatic heterocycles. The molecule has 2 aromatic rings. The predicted octanol–water partition coefficient (Wildman–Crippen LogP) is 2.82. The van der Waals surface area contributed by atoms with E-state index in [9.17, 15) is 4.79 Å². The van der Waals surface area contributed by atoms with Crippen LogP contribution in [0.4, 0.5) is 5.69 Å². The number of benzene rings is 1. The summed E-state index contributed by atoms with van der Waals surface area (Å²) in [7, 11) is 0. The third-order valence-corrected chi connectivity index (χ3v) is 3.28. The minimum absolute atomic E-state index is 0.0943. The van der Waals surface area contributed by atoms with Crippen molar-refractivity contribution in [1.82, 2.24) is 4.98 Å². The summed E-state index contributed by atoms with van der Waals surface area (Å²) in [5, 5.41) is 2.90. The van der Waals surface area contributed by atoms with Gasteiger partial charge in [-0.25, -0.2) is 0 Å². The number of nitrogens with one attached hydrogen (secondary N) is 1. The maximum absolute atomic E-state index is 12.0. The fourth-order valence-electron chi connectivity index (χ4n) is 2.23. The predicted molar refractivity (Wildman–Crippen MR) is 70.2 cm³/mol. The second-order valence-electron chi connectivity index (χ2n) is 4.59. The van der Waals surface area contributed by atoms with Crippen molar-refractivity contribution in [2.45, 2.75) is 12.3 Å². The molecule has 1 aromatic carbocycles. The maximum Gasteiger partial charge on any atom is 0.228 e. The Hall–Kier alpha value is -2.16. The Morgan fingerprint density at radius 2 is 2.00 bits per heavy atom. The van der Waals surface area contributed by atoms with Gasteiger partial charge in [-0.15, -0.1) is 0 Å². The van der Waals surface area contributed by atoms with Crippen LogP contribution in [0.5, 0.6) is 0 Å². The Bertz CT molecular complexity index is 539. The fourth-order valence-corrected chi connectivity index (χ4v) is 2.23. The van der Waals surface area contributed by atoms with Gasteiger partial charge in [-0.3, -0.25) is 9.78 Å². The molecule has 3 heteroatoms. The maximum atomic E-state index is 12.0. The van der Waals surface area contributed by atoms with Gasteiger partial charge in [0.15, 0.2) is 0 Å². The van der Waals surface area contributed by atoms with Gasteiger partial charge >= 0.3 is 0 Å². The number of hydrogen-bond donors (Lipinski definition) is 1. The van der Waals surface area contributed by atoms with Crippen LogP contribution in [0.3, 0.4) is 0 Å². The lowest BCUT2D eigenvalue weighted by Crippen LogP contribution is -2.14. The average Bonchev–Trinajstić information content (AvgIpc) is 3.21. The molecule has 1 saturated carbocycles. The van der Waals surface area contributed by atoms with Crippen LogP contribution in [0.25, 0.3) is 0 Å². The molecular formula is C15H14N2O. The fraction of sp³-hybridized carbons (Fsp3) is 0.200. The third kappa shape index (κ3) is 2.25. The molecule has 0 bridgehead atoms. The molecular weight excluding hydrogens is 224 g/mol. The van der Waals surface area contributed by atoms with Gasteiger partial charge in [-0.05, 0) is 30.0 Å². The van der Waals surface area contributed by atoms with Crippen LogP contribution in [-0.2, 0) is 4.79 Å². The van der Waals surface area contributed by atoms with E-state index in [1.54, 1.807) is 12.4 Å². The summed E-state index contributed by atoms with van der Waals surface area (Å²) >= 11 is 0. The Balaban J connectivity index is 1.63. The summed E-state index contributed by atoms with van der Waals surface area (Å²) in [6.07, 6.45) is 4.30. The quantitative estimate of drug-likeness (QED) is 0.893. The number of amides is 1. The number of nitrogens with zero attached hydrogens (tertiary/aromatic N) is 1. The lowest BCUT2D eigenvalue weighted by atomic mass is 10.1. The van der Waals surface area contributed by atoms with Crippen LogP contribution in [0, 0.1) is 5.92 Å². The van der Waals surface area contributed by atoms with E-state index >= 15 is 0 Å². The van der Waals surface area contributed by atoms with Crippen LogP contribution in [0.2, 0.25) is 0 Å². The van der Waals surface area contributed by atoms with Crippen molar-refractivity contribution in [3.8, 4) is 0 Å². The first kappa shape index (κ1) is 11.0. The summed E-state index contributed by atoms with van der Waals surface area (Å²) in [6, 6.07) is 13.9. The number of hydrogen-bond acceptors (Lipinski definition) is 2. The molecule has 1 aliphatic carbocycles. The van der Waals surface area contributed by atoms with E-state index in [0.29, 0.717) is 5.92 Å². The van der Waals surface area contributed by atoms with Crippen LogP contribution < -0.4 is 5.32 Å². The van der Waals surface area contributed by atoms with Gasteiger partial charge < -0.3 is 5.32 Å². The van der Waals surface area contributed by atoms with Gasteiger partial charge in [0.1, 0.15) is 0 Å². The topological polar surface area (TPSA) is 42.0 Å². The second kappa shape index (κ2) is 4.61. The highest BCUT2D eigenvalue weighted by atomic mass is 16.2. The summed E-state index contributed by atoms with van der Waals surface area (Å²) in [5.74, 6) is 0.576. The average molecular weight is 238 g/mol. The van der Waals surface area contributed by atoms with E-state index in [4.69, 9.17) is 0 Å². The molecule has 18 heavy (non-hydrogen) atoms. The smallest absolute Gasteiger partial charge is 0.228 e. The highest BCUT2D eigenvalue weighted by molar-refractivity contribution is 5.95. The number of carbonyl (C=O) groups is 1. The van der Waals surface area contributed by atoms with Crippen LogP contribution in [-0.4, -0.2) is 10.9 Å². The Morgan fingerprint density at radius 3 is 2.72 bits per heavy atom. The van der Waals surface area contributed by atoms with Crippen molar-refractivity contribution in [2.75, 3.05) is 5.32 Å². The molecule has 90 valence electrons. The zero-order valence-electron chi connectivity index (χ0n) is 9.91. The molecule has 1 N–H and O–H groups in total. The molecule has 1 aliphatic rings. The Labute approximate surface area is 106 Å². The van der Waals surface area contributed by atoms with Gasteiger partial charge in [0.25, 0.3) is 0 Å². The molecule has 0 aliphatic heterocycles. The van der Waals surface area contributed by atoms with Gasteiger partial charge in [0.05, 0.1) is 11.9 Å². The largest absolute Gasteiger partial charge is 0.324 e. The SMILES string of the molecule is O=C(Nc1cccnc1)[C@H]1C[C@@H]1c1ccccc1. The highest BCUT2D eigenvalue weighted by Gasteiger charge is 2.43. The van der Waals surface area contributed by atoms with Crippen molar-refractivity contribution < 1.29 is 4.79 Å². The summed E-state index contributed by atoms with van der Waals surface area (Å²) in [6.45, 7) is 0. The molecule has 0 radical (unpaired) electrons. The van der Waals surface area contributed by atoms with Crippen molar-refractivity contribution in [1.29, 1.82) is 0 Å². The van der Waals surface area contributed by atoms with Crippen LogP contribution in [0.1, 0.15) is 17.9 Å². The summed E-state index contributed by atoms with van der Waals surface area (Å²) in [5.41, 5.74) is 2.02. The van der Waals surface area contributed by atoms with Crippen molar-refractivity contribution in [3.63, 3.8) is 0 Å². The molecule has 0 unspecified atom stereocenters. The first-order valence-corrected chi connectivity index (χ1v) is 6.10. The summed E-state index contributed by atoms with van der Waals surface area (Å²) < 4.78 is 0. The molecule has 2 atom stereocenters. The lowest BCUT2D eigenvalue weighted by Gasteiger charge is -2.04. The van der Waals surface area contributed by atoms with E-state index in [0.717, 1.165) is 12.1 Å². The number of aromatic nitrogens is 1. The Morgan fingerprint density at radius 1 is 1.17 bits per heavy atom. The molecule has 1 heterocycles. The van der Waals surface area contributed by atoms with Gasteiger partial charge in [0.2, 0.25) is 5.91 Å². The zero-order valence-corrected chi connectivity index (χ0v) is 9.91. The normalized spacial score (nSPS) is 21.3. The molecule has 1 fully saturated rings. The van der Waals surface area contributed by atoms with Crippen molar-refractivity contribution >= 4 is 11.6 Å². The van der Waals surface area contributed by atoms with Gasteiger partial charge in [-0.2, -0.15) is 0 Å². The van der Waals surface area contributed by atoms with E-state index in [2.05, 4.69) is 22.4 Å². The molecule has 0 saturated heterocycles. The highest BCUT2D eigenvalue weighted by Crippen LogP contribution is 2.47. The number of anilines is 1. The van der Waals surface area contributed by atoms with Gasteiger partial charge in [0, 0.05) is 12.1 Å². The third-order valence-electron chi connectivity index (χ3n) is 3.28. The molecule has 0 spiro atoms. The van der Waals surface area contributed by atoms with Gasteiger partial charge in [-0.1, -0.05) is 30.3 Å². The van der Waals surface area contributed by atoms with Crippen LogP contribution in [0.15, 0.2) is 54.9 Å².